The van der Waals surface area contributed by atoms with Crippen LogP contribution in [0.15, 0.2) is 71.2 Å². The molecule has 0 atom stereocenters. The first-order valence-corrected chi connectivity index (χ1v) is 10.1. The summed E-state index contributed by atoms with van der Waals surface area (Å²) >= 11 is 0. The number of benzene rings is 2. The third-order valence-electron chi connectivity index (χ3n) is 5.13. The largest absolute Gasteiger partial charge is 0.465 e. The zero-order valence-electron chi connectivity index (χ0n) is 17.2. The minimum absolute atomic E-state index is 0.108. The van der Waals surface area contributed by atoms with E-state index in [1.54, 1.807) is 42.5 Å². The van der Waals surface area contributed by atoms with Gasteiger partial charge in [0.1, 0.15) is 11.5 Å². The lowest BCUT2D eigenvalue weighted by Gasteiger charge is -2.29. The minimum Gasteiger partial charge on any atom is -0.465 e. The van der Waals surface area contributed by atoms with Gasteiger partial charge in [0.2, 0.25) is 0 Å². The highest BCUT2D eigenvalue weighted by Gasteiger charge is 2.15. The summed E-state index contributed by atoms with van der Waals surface area (Å²) in [6.45, 7) is 3.02. The molecule has 0 spiro atoms. The van der Waals surface area contributed by atoms with Crippen LogP contribution < -0.4 is 4.90 Å². The molecule has 0 N–H and O–H groups in total. The number of ketones is 1. The van der Waals surface area contributed by atoms with E-state index in [-0.39, 0.29) is 5.78 Å². The number of esters is 1. The van der Waals surface area contributed by atoms with E-state index in [2.05, 4.69) is 4.90 Å². The van der Waals surface area contributed by atoms with Crippen LogP contribution in [0.2, 0.25) is 0 Å². The fourth-order valence-corrected chi connectivity index (χ4v) is 3.50. The second-order valence-electron chi connectivity index (χ2n) is 7.09. The Labute approximate surface area is 180 Å². The molecule has 31 heavy (non-hydrogen) atoms. The van der Waals surface area contributed by atoms with Crippen molar-refractivity contribution < 1.29 is 23.5 Å². The molecule has 1 fully saturated rings. The SMILES string of the molecule is COC(=O)c1ccccc1-c1ccc(/C=C/C(=O)c2cccc(N3CCOCC3)c2)o1. The number of morpholine rings is 1. The van der Waals surface area contributed by atoms with E-state index in [1.807, 2.05) is 24.3 Å². The summed E-state index contributed by atoms with van der Waals surface area (Å²) in [5.41, 5.74) is 2.69. The Bertz CT molecular complexity index is 1110. The number of furan rings is 1. The minimum atomic E-state index is -0.431. The van der Waals surface area contributed by atoms with E-state index in [0.29, 0.717) is 41.4 Å². The molecule has 6 nitrogen and oxygen atoms in total. The van der Waals surface area contributed by atoms with Crippen molar-refractivity contribution in [2.75, 3.05) is 38.3 Å². The molecule has 1 aromatic heterocycles. The molecule has 2 heterocycles. The second-order valence-corrected chi connectivity index (χ2v) is 7.09. The van der Waals surface area contributed by atoms with Crippen LogP contribution in [0, 0.1) is 0 Å². The highest BCUT2D eigenvalue weighted by Crippen LogP contribution is 2.27. The number of ether oxygens (including phenoxy) is 2. The summed E-state index contributed by atoms with van der Waals surface area (Å²) in [7, 11) is 1.34. The summed E-state index contributed by atoms with van der Waals surface area (Å²) in [5.74, 6) is 0.511. The lowest BCUT2D eigenvalue weighted by molar-refractivity contribution is 0.0601. The van der Waals surface area contributed by atoms with E-state index in [0.717, 1.165) is 18.8 Å². The van der Waals surface area contributed by atoms with E-state index >= 15 is 0 Å². The second kappa shape index (κ2) is 9.45. The molecule has 0 amide bonds. The van der Waals surface area contributed by atoms with Crippen LogP contribution >= 0.6 is 0 Å². The van der Waals surface area contributed by atoms with Crippen molar-refractivity contribution in [3.8, 4) is 11.3 Å². The summed E-state index contributed by atoms with van der Waals surface area (Å²) in [6.07, 6.45) is 3.13. The quantitative estimate of drug-likeness (QED) is 0.335. The van der Waals surface area contributed by atoms with E-state index < -0.39 is 5.97 Å². The van der Waals surface area contributed by atoms with Gasteiger partial charge in [-0.3, -0.25) is 4.79 Å². The van der Waals surface area contributed by atoms with Gasteiger partial charge in [0, 0.05) is 29.9 Å². The number of hydrogen-bond acceptors (Lipinski definition) is 6. The Morgan fingerprint density at radius 1 is 1.00 bits per heavy atom. The summed E-state index contributed by atoms with van der Waals surface area (Å²) in [5, 5.41) is 0. The van der Waals surface area contributed by atoms with Gasteiger partial charge in [-0.15, -0.1) is 0 Å². The molecule has 1 aliphatic heterocycles. The predicted octanol–water partition coefficient (Wildman–Crippen LogP) is 4.47. The predicted molar refractivity (Wildman–Crippen MR) is 118 cm³/mol. The molecule has 6 heteroatoms. The summed E-state index contributed by atoms with van der Waals surface area (Å²) in [6, 6.07) is 18.2. The third kappa shape index (κ3) is 4.75. The maximum Gasteiger partial charge on any atom is 0.338 e. The first-order valence-electron chi connectivity index (χ1n) is 10.1. The Morgan fingerprint density at radius 3 is 2.61 bits per heavy atom. The van der Waals surface area contributed by atoms with Crippen molar-refractivity contribution in [1.82, 2.24) is 0 Å². The van der Waals surface area contributed by atoms with Gasteiger partial charge >= 0.3 is 5.97 Å². The van der Waals surface area contributed by atoms with Gasteiger partial charge in [-0.1, -0.05) is 30.3 Å². The Kier molecular flexibility index (Phi) is 6.29. The fourth-order valence-electron chi connectivity index (χ4n) is 3.50. The van der Waals surface area contributed by atoms with Crippen molar-refractivity contribution in [3.63, 3.8) is 0 Å². The van der Waals surface area contributed by atoms with Gasteiger partial charge in [0.25, 0.3) is 0 Å². The molecule has 0 radical (unpaired) electrons. The number of nitrogens with zero attached hydrogens (tertiary/aromatic N) is 1. The maximum atomic E-state index is 12.7. The molecule has 1 saturated heterocycles. The first-order chi connectivity index (χ1) is 15.2. The molecule has 158 valence electrons. The highest BCUT2D eigenvalue weighted by atomic mass is 16.5. The molecule has 3 aromatic rings. The topological polar surface area (TPSA) is 69.0 Å². The smallest absolute Gasteiger partial charge is 0.338 e. The Morgan fingerprint density at radius 2 is 1.81 bits per heavy atom. The lowest BCUT2D eigenvalue weighted by atomic mass is 10.1. The lowest BCUT2D eigenvalue weighted by Crippen LogP contribution is -2.36. The number of anilines is 1. The van der Waals surface area contributed by atoms with Crippen LogP contribution in [-0.4, -0.2) is 45.2 Å². The number of allylic oxidation sites excluding steroid dienone is 1. The first kappa shape index (κ1) is 20.6. The number of hydrogen-bond donors (Lipinski definition) is 0. The molecular formula is C25H23NO5. The van der Waals surface area contributed by atoms with Crippen LogP contribution in [0.5, 0.6) is 0 Å². The molecule has 4 rings (SSSR count). The van der Waals surface area contributed by atoms with E-state index in [1.165, 1.54) is 13.2 Å². The van der Waals surface area contributed by atoms with Gasteiger partial charge in [-0.05, 0) is 42.5 Å². The zero-order chi connectivity index (χ0) is 21.6. The standard InChI is InChI=1S/C25H23NO5/c1-29-25(28)22-8-3-2-7-21(22)24-12-10-20(31-24)9-11-23(27)18-5-4-6-19(17-18)26-13-15-30-16-14-26/h2-12,17H,13-16H2,1H3/b11-9+. The van der Waals surface area contributed by atoms with E-state index in [4.69, 9.17) is 13.9 Å². The maximum absolute atomic E-state index is 12.7. The molecule has 0 saturated carbocycles. The summed E-state index contributed by atoms with van der Waals surface area (Å²) in [4.78, 5) is 26.9. The Hall–Kier alpha value is -3.64. The van der Waals surface area contributed by atoms with Gasteiger partial charge in [-0.25, -0.2) is 4.79 Å². The van der Waals surface area contributed by atoms with Gasteiger partial charge < -0.3 is 18.8 Å². The van der Waals surface area contributed by atoms with Gasteiger partial charge in [0.05, 0.1) is 25.9 Å². The average molecular weight is 417 g/mol. The molecule has 0 aliphatic carbocycles. The number of methoxy groups -OCH3 is 1. The average Bonchev–Trinajstić information content (AvgIpc) is 3.31. The van der Waals surface area contributed by atoms with Crippen molar-refractivity contribution in [2.45, 2.75) is 0 Å². The normalized spacial score (nSPS) is 14.0. The van der Waals surface area contributed by atoms with Crippen molar-refractivity contribution >= 4 is 23.5 Å². The summed E-state index contributed by atoms with van der Waals surface area (Å²) < 4.78 is 16.1. The van der Waals surface area contributed by atoms with Crippen molar-refractivity contribution in [2.24, 2.45) is 0 Å². The third-order valence-corrected chi connectivity index (χ3v) is 5.13. The molecular weight excluding hydrogens is 394 g/mol. The molecule has 0 bridgehead atoms. The highest BCUT2D eigenvalue weighted by molar-refractivity contribution is 6.07. The monoisotopic (exact) mass is 417 g/mol. The van der Waals surface area contributed by atoms with Crippen LogP contribution in [0.3, 0.4) is 0 Å². The van der Waals surface area contributed by atoms with Crippen molar-refractivity contribution in [1.29, 1.82) is 0 Å². The van der Waals surface area contributed by atoms with Crippen LogP contribution in [0.1, 0.15) is 26.5 Å². The fraction of sp³-hybridized carbons (Fsp3) is 0.200. The Balaban J connectivity index is 1.50. The van der Waals surface area contributed by atoms with Gasteiger partial charge in [0.15, 0.2) is 5.78 Å². The van der Waals surface area contributed by atoms with E-state index in [9.17, 15) is 9.59 Å². The number of rotatable bonds is 6. The van der Waals surface area contributed by atoms with Crippen LogP contribution in [0.25, 0.3) is 17.4 Å². The number of carbonyl (C=O) groups excluding carboxylic acids is 2. The van der Waals surface area contributed by atoms with Gasteiger partial charge in [-0.2, -0.15) is 0 Å². The molecule has 0 unspecified atom stereocenters. The van der Waals surface area contributed by atoms with Crippen LogP contribution in [0.4, 0.5) is 5.69 Å². The van der Waals surface area contributed by atoms with Crippen LogP contribution in [-0.2, 0) is 9.47 Å². The zero-order valence-corrected chi connectivity index (χ0v) is 17.2. The molecule has 2 aromatic carbocycles. The number of carbonyl (C=O) groups is 2. The van der Waals surface area contributed by atoms with Crippen molar-refractivity contribution in [3.05, 3.63) is 83.6 Å². The molecule has 1 aliphatic rings.